The van der Waals surface area contributed by atoms with E-state index in [9.17, 15) is 9.90 Å². The van der Waals surface area contributed by atoms with Gasteiger partial charge in [-0.05, 0) is 29.8 Å². The van der Waals surface area contributed by atoms with Crippen LogP contribution in [0.3, 0.4) is 0 Å². The van der Waals surface area contributed by atoms with Gasteiger partial charge in [0, 0.05) is 5.56 Å². The Morgan fingerprint density at radius 2 is 1.68 bits per heavy atom. The van der Waals surface area contributed by atoms with Crippen molar-refractivity contribution in [3.8, 4) is 22.6 Å². The molecule has 4 heteroatoms. The van der Waals surface area contributed by atoms with E-state index in [4.69, 9.17) is 9.47 Å². The van der Waals surface area contributed by atoms with Crippen molar-refractivity contribution < 1.29 is 19.4 Å². The molecule has 0 fully saturated rings. The lowest BCUT2D eigenvalue weighted by Crippen LogP contribution is -2.01. The molecule has 0 bridgehead atoms. The summed E-state index contributed by atoms with van der Waals surface area (Å²) in [4.78, 5) is 11.3. The molecular weight excluding hydrogens is 244 g/mol. The minimum Gasteiger partial charge on any atom is -0.497 e. The highest BCUT2D eigenvalue weighted by Gasteiger charge is 2.16. The highest BCUT2D eigenvalue weighted by molar-refractivity contribution is 5.98. The maximum Gasteiger partial charge on any atom is 0.336 e. The van der Waals surface area contributed by atoms with Gasteiger partial charge >= 0.3 is 5.97 Å². The Morgan fingerprint density at radius 3 is 2.21 bits per heavy atom. The standard InChI is InChI=1S/C15H14O4/c1-18-11-8-6-10(7-9-11)14-12(15(16)17)4-3-5-13(14)19-2/h3-9H,1-2H3,(H,16,17). The molecule has 19 heavy (non-hydrogen) atoms. The van der Waals surface area contributed by atoms with Gasteiger partial charge in [-0.25, -0.2) is 4.79 Å². The van der Waals surface area contributed by atoms with Crippen molar-refractivity contribution in [3.63, 3.8) is 0 Å². The molecule has 0 radical (unpaired) electrons. The topological polar surface area (TPSA) is 55.8 Å². The Morgan fingerprint density at radius 1 is 1.00 bits per heavy atom. The number of hydrogen-bond acceptors (Lipinski definition) is 3. The van der Waals surface area contributed by atoms with E-state index in [2.05, 4.69) is 0 Å². The zero-order valence-corrected chi connectivity index (χ0v) is 10.7. The van der Waals surface area contributed by atoms with Gasteiger partial charge in [-0.15, -0.1) is 0 Å². The van der Waals surface area contributed by atoms with Gasteiger partial charge in [0.1, 0.15) is 11.5 Å². The van der Waals surface area contributed by atoms with Gasteiger partial charge in [0.15, 0.2) is 0 Å². The smallest absolute Gasteiger partial charge is 0.336 e. The van der Waals surface area contributed by atoms with Crippen molar-refractivity contribution in [2.45, 2.75) is 0 Å². The molecule has 98 valence electrons. The Balaban J connectivity index is 2.61. The van der Waals surface area contributed by atoms with Crippen molar-refractivity contribution in [1.82, 2.24) is 0 Å². The van der Waals surface area contributed by atoms with Gasteiger partial charge in [-0.1, -0.05) is 18.2 Å². The second-order valence-electron chi connectivity index (χ2n) is 3.92. The van der Waals surface area contributed by atoms with Gasteiger partial charge in [0.2, 0.25) is 0 Å². The number of rotatable bonds is 4. The fourth-order valence-electron chi connectivity index (χ4n) is 1.93. The van der Waals surface area contributed by atoms with Crippen LogP contribution in [0.15, 0.2) is 42.5 Å². The highest BCUT2D eigenvalue weighted by Crippen LogP contribution is 2.34. The molecule has 2 rings (SSSR count). The largest absolute Gasteiger partial charge is 0.497 e. The lowest BCUT2D eigenvalue weighted by atomic mass is 9.98. The molecule has 0 amide bonds. The lowest BCUT2D eigenvalue weighted by Gasteiger charge is -2.12. The SMILES string of the molecule is COc1ccc(-c2c(OC)cccc2C(=O)O)cc1. The third kappa shape index (κ3) is 2.52. The van der Waals surface area contributed by atoms with Crippen LogP contribution in [0.4, 0.5) is 0 Å². The lowest BCUT2D eigenvalue weighted by molar-refractivity contribution is 0.0697. The summed E-state index contributed by atoms with van der Waals surface area (Å²) in [5, 5.41) is 9.27. The van der Waals surface area contributed by atoms with Crippen LogP contribution in [0.5, 0.6) is 11.5 Å². The molecular formula is C15H14O4. The monoisotopic (exact) mass is 258 g/mol. The van der Waals surface area contributed by atoms with E-state index in [-0.39, 0.29) is 5.56 Å². The molecule has 0 aromatic heterocycles. The van der Waals surface area contributed by atoms with E-state index < -0.39 is 5.97 Å². The Bertz CT molecular complexity index is 588. The summed E-state index contributed by atoms with van der Waals surface area (Å²) in [5.41, 5.74) is 1.56. The van der Waals surface area contributed by atoms with E-state index >= 15 is 0 Å². The number of aromatic carboxylic acids is 1. The highest BCUT2D eigenvalue weighted by atomic mass is 16.5. The first-order chi connectivity index (χ1) is 9.17. The van der Waals surface area contributed by atoms with E-state index in [1.807, 2.05) is 12.1 Å². The van der Waals surface area contributed by atoms with E-state index in [1.165, 1.54) is 7.11 Å². The van der Waals surface area contributed by atoms with E-state index in [0.717, 1.165) is 11.3 Å². The van der Waals surface area contributed by atoms with Crippen LogP contribution in [-0.4, -0.2) is 25.3 Å². The molecule has 0 aliphatic carbocycles. The van der Waals surface area contributed by atoms with Crippen LogP contribution in [0.2, 0.25) is 0 Å². The van der Waals surface area contributed by atoms with Crippen molar-refractivity contribution >= 4 is 5.97 Å². The number of carboxylic acids is 1. The first kappa shape index (κ1) is 13.0. The van der Waals surface area contributed by atoms with Gasteiger partial charge in [0.25, 0.3) is 0 Å². The average molecular weight is 258 g/mol. The summed E-state index contributed by atoms with van der Waals surface area (Å²) in [7, 11) is 3.11. The Hall–Kier alpha value is -2.49. The molecule has 2 aromatic rings. The van der Waals surface area contributed by atoms with Crippen LogP contribution in [0, 0.1) is 0 Å². The quantitative estimate of drug-likeness (QED) is 0.915. The van der Waals surface area contributed by atoms with Crippen molar-refractivity contribution in [3.05, 3.63) is 48.0 Å². The molecule has 0 aliphatic heterocycles. The number of ether oxygens (including phenoxy) is 2. The van der Waals surface area contributed by atoms with Crippen LogP contribution >= 0.6 is 0 Å². The zero-order chi connectivity index (χ0) is 13.8. The number of benzene rings is 2. The summed E-state index contributed by atoms with van der Waals surface area (Å²) in [5.74, 6) is 0.269. The summed E-state index contributed by atoms with van der Waals surface area (Å²) >= 11 is 0. The molecule has 2 aromatic carbocycles. The Labute approximate surface area is 111 Å². The number of hydrogen-bond donors (Lipinski definition) is 1. The molecule has 0 saturated carbocycles. The molecule has 0 heterocycles. The molecule has 0 unspecified atom stereocenters. The molecule has 0 aliphatic rings. The maximum absolute atomic E-state index is 11.3. The molecule has 4 nitrogen and oxygen atoms in total. The van der Waals surface area contributed by atoms with Gasteiger partial charge < -0.3 is 14.6 Å². The number of carbonyl (C=O) groups is 1. The minimum atomic E-state index is -0.982. The van der Waals surface area contributed by atoms with Crippen molar-refractivity contribution in [2.24, 2.45) is 0 Å². The molecule has 1 N–H and O–H groups in total. The van der Waals surface area contributed by atoms with Gasteiger partial charge in [-0.3, -0.25) is 0 Å². The third-order valence-corrected chi connectivity index (χ3v) is 2.86. The van der Waals surface area contributed by atoms with Crippen LogP contribution < -0.4 is 9.47 Å². The maximum atomic E-state index is 11.3. The fourth-order valence-corrected chi connectivity index (χ4v) is 1.93. The second-order valence-corrected chi connectivity index (χ2v) is 3.92. The summed E-state index contributed by atoms with van der Waals surface area (Å²) in [6.45, 7) is 0. The first-order valence-electron chi connectivity index (χ1n) is 5.72. The van der Waals surface area contributed by atoms with Crippen LogP contribution in [0.25, 0.3) is 11.1 Å². The molecule has 0 atom stereocenters. The van der Waals surface area contributed by atoms with Gasteiger partial charge in [-0.2, -0.15) is 0 Å². The normalized spacial score (nSPS) is 10.0. The minimum absolute atomic E-state index is 0.213. The van der Waals surface area contributed by atoms with Crippen molar-refractivity contribution in [1.29, 1.82) is 0 Å². The Kier molecular flexibility index (Phi) is 3.71. The first-order valence-corrected chi connectivity index (χ1v) is 5.72. The second kappa shape index (κ2) is 5.44. The van der Waals surface area contributed by atoms with Crippen LogP contribution in [-0.2, 0) is 0 Å². The van der Waals surface area contributed by atoms with Crippen LogP contribution in [0.1, 0.15) is 10.4 Å². The molecule has 0 saturated heterocycles. The summed E-state index contributed by atoms with van der Waals surface area (Å²) in [6, 6.07) is 12.2. The summed E-state index contributed by atoms with van der Waals surface area (Å²) < 4.78 is 10.3. The molecule has 0 spiro atoms. The average Bonchev–Trinajstić information content (AvgIpc) is 2.46. The third-order valence-electron chi connectivity index (χ3n) is 2.86. The zero-order valence-electron chi connectivity index (χ0n) is 10.7. The predicted octanol–water partition coefficient (Wildman–Crippen LogP) is 3.07. The number of methoxy groups -OCH3 is 2. The predicted molar refractivity (Wildman–Crippen MR) is 71.9 cm³/mol. The summed E-state index contributed by atoms with van der Waals surface area (Å²) in [6.07, 6.45) is 0. The van der Waals surface area contributed by atoms with E-state index in [1.54, 1.807) is 37.4 Å². The fraction of sp³-hybridized carbons (Fsp3) is 0.133. The number of carboxylic acid groups (broad SMARTS) is 1. The van der Waals surface area contributed by atoms with Gasteiger partial charge in [0.05, 0.1) is 19.8 Å². The van der Waals surface area contributed by atoms with E-state index in [0.29, 0.717) is 11.3 Å². The van der Waals surface area contributed by atoms with Crippen molar-refractivity contribution in [2.75, 3.05) is 14.2 Å².